The first kappa shape index (κ1) is 12.8. The second-order valence-corrected chi connectivity index (χ2v) is 4.85. The molecule has 0 saturated carbocycles. The molecule has 6 nitrogen and oxygen atoms in total. The van der Waals surface area contributed by atoms with Crippen molar-refractivity contribution >= 4 is 5.65 Å². The smallest absolute Gasteiger partial charge is 0.160 e. The van der Waals surface area contributed by atoms with Gasteiger partial charge in [-0.15, -0.1) is 10.2 Å². The lowest BCUT2D eigenvalue weighted by atomic mass is 10.2. The molecule has 0 unspecified atom stereocenters. The maximum absolute atomic E-state index is 4.24. The van der Waals surface area contributed by atoms with E-state index in [0.29, 0.717) is 0 Å². The fourth-order valence-electron chi connectivity index (χ4n) is 2.20. The SMILES string of the molecule is Cc1c(CNCCc2nnc3ccccn23)cnn1C. The predicted molar refractivity (Wildman–Crippen MR) is 76.3 cm³/mol. The fourth-order valence-corrected chi connectivity index (χ4v) is 2.20. The highest BCUT2D eigenvalue weighted by molar-refractivity contribution is 5.37. The van der Waals surface area contributed by atoms with Crippen molar-refractivity contribution in [1.82, 2.24) is 29.7 Å². The summed E-state index contributed by atoms with van der Waals surface area (Å²) in [7, 11) is 1.96. The molecule has 0 atom stereocenters. The molecule has 6 heteroatoms. The number of fused-ring (bicyclic) bond motifs is 1. The van der Waals surface area contributed by atoms with Gasteiger partial charge in [0.05, 0.1) is 6.20 Å². The molecule has 1 N–H and O–H groups in total. The number of hydrogen-bond acceptors (Lipinski definition) is 4. The minimum absolute atomic E-state index is 0.830. The van der Waals surface area contributed by atoms with Crippen molar-refractivity contribution < 1.29 is 0 Å². The van der Waals surface area contributed by atoms with Gasteiger partial charge in [-0.05, 0) is 19.1 Å². The van der Waals surface area contributed by atoms with Gasteiger partial charge >= 0.3 is 0 Å². The van der Waals surface area contributed by atoms with Crippen molar-refractivity contribution in [1.29, 1.82) is 0 Å². The third-order valence-corrected chi connectivity index (χ3v) is 3.56. The average molecular weight is 270 g/mol. The van der Waals surface area contributed by atoms with Crippen molar-refractivity contribution in [2.75, 3.05) is 6.54 Å². The van der Waals surface area contributed by atoms with Crippen molar-refractivity contribution in [3.8, 4) is 0 Å². The molecule has 3 rings (SSSR count). The molecule has 104 valence electrons. The molecule has 0 aliphatic carbocycles. The van der Waals surface area contributed by atoms with Gasteiger partial charge in [0, 0.05) is 44.0 Å². The Balaban J connectivity index is 1.56. The monoisotopic (exact) mass is 270 g/mol. The number of aromatic nitrogens is 5. The number of nitrogens with one attached hydrogen (secondary N) is 1. The van der Waals surface area contributed by atoms with E-state index in [1.807, 2.05) is 46.7 Å². The van der Waals surface area contributed by atoms with Crippen molar-refractivity contribution in [2.24, 2.45) is 7.05 Å². The van der Waals surface area contributed by atoms with Gasteiger partial charge < -0.3 is 5.32 Å². The molecule has 0 fully saturated rings. The van der Waals surface area contributed by atoms with Crippen LogP contribution in [-0.4, -0.2) is 30.9 Å². The van der Waals surface area contributed by atoms with Crippen LogP contribution in [0.1, 0.15) is 17.1 Å². The number of pyridine rings is 1. The van der Waals surface area contributed by atoms with Crippen LogP contribution in [0.15, 0.2) is 30.6 Å². The van der Waals surface area contributed by atoms with Gasteiger partial charge in [0.25, 0.3) is 0 Å². The second kappa shape index (κ2) is 5.42. The molecule has 0 spiro atoms. The first-order chi connectivity index (χ1) is 9.75. The Labute approximate surface area is 117 Å². The highest BCUT2D eigenvalue weighted by Crippen LogP contribution is 2.05. The van der Waals surface area contributed by atoms with Gasteiger partial charge in [-0.2, -0.15) is 5.10 Å². The summed E-state index contributed by atoms with van der Waals surface area (Å²) in [6.07, 6.45) is 4.76. The first-order valence-corrected chi connectivity index (χ1v) is 6.72. The van der Waals surface area contributed by atoms with Crippen LogP contribution in [-0.2, 0) is 20.0 Å². The zero-order valence-electron chi connectivity index (χ0n) is 11.7. The van der Waals surface area contributed by atoms with Gasteiger partial charge in [0.1, 0.15) is 5.82 Å². The van der Waals surface area contributed by atoms with E-state index in [2.05, 4.69) is 27.5 Å². The molecule has 0 aliphatic rings. The minimum Gasteiger partial charge on any atom is -0.312 e. The van der Waals surface area contributed by atoms with Crippen LogP contribution < -0.4 is 5.32 Å². The van der Waals surface area contributed by atoms with Gasteiger partial charge in [0.2, 0.25) is 0 Å². The summed E-state index contributed by atoms with van der Waals surface area (Å²) < 4.78 is 3.92. The zero-order valence-corrected chi connectivity index (χ0v) is 11.7. The number of aryl methyl sites for hydroxylation is 1. The predicted octanol–water partition coefficient (Wildman–Crippen LogP) is 1.10. The third kappa shape index (κ3) is 2.42. The van der Waals surface area contributed by atoms with Crippen LogP contribution in [0.25, 0.3) is 5.65 Å². The summed E-state index contributed by atoms with van der Waals surface area (Å²) in [5.74, 6) is 0.982. The van der Waals surface area contributed by atoms with E-state index >= 15 is 0 Å². The number of rotatable bonds is 5. The summed E-state index contributed by atoms with van der Waals surface area (Å²) in [6, 6.07) is 5.92. The van der Waals surface area contributed by atoms with E-state index in [4.69, 9.17) is 0 Å². The van der Waals surface area contributed by atoms with E-state index in [1.165, 1.54) is 11.3 Å². The molecule has 3 heterocycles. The largest absolute Gasteiger partial charge is 0.312 e. The third-order valence-electron chi connectivity index (χ3n) is 3.56. The van der Waals surface area contributed by atoms with Gasteiger partial charge in [-0.1, -0.05) is 6.07 Å². The maximum atomic E-state index is 4.24. The van der Waals surface area contributed by atoms with Gasteiger partial charge in [-0.25, -0.2) is 0 Å². The Morgan fingerprint density at radius 1 is 1.25 bits per heavy atom. The Bertz CT molecular complexity index is 711. The van der Waals surface area contributed by atoms with Crippen LogP contribution in [0.3, 0.4) is 0 Å². The van der Waals surface area contributed by atoms with Crippen molar-refractivity contribution in [2.45, 2.75) is 19.9 Å². The standard InChI is InChI=1S/C14H18N6/c1-11-12(10-16-19(11)2)9-15-7-6-14-18-17-13-5-3-4-8-20(13)14/h3-5,8,10,15H,6-7,9H2,1-2H3. The molecule has 20 heavy (non-hydrogen) atoms. The quantitative estimate of drug-likeness (QED) is 0.705. The fraction of sp³-hybridized carbons (Fsp3) is 0.357. The van der Waals surface area contributed by atoms with Crippen molar-refractivity contribution in [3.05, 3.63) is 47.7 Å². The minimum atomic E-state index is 0.830. The van der Waals surface area contributed by atoms with E-state index in [0.717, 1.165) is 31.0 Å². The molecule has 0 aliphatic heterocycles. The van der Waals surface area contributed by atoms with Crippen LogP contribution in [0.4, 0.5) is 0 Å². The normalized spacial score (nSPS) is 11.3. The van der Waals surface area contributed by atoms with Crippen LogP contribution >= 0.6 is 0 Å². The second-order valence-electron chi connectivity index (χ2n) is 4.85. The molecule has 3 aromatic rings. The van der Waals surface area contributed by atoms with Crippen LogP contribution in [0.2, 0.25) is 0 Å². The molecule has 0 aromatic carbocycles. The summed E-state index contributed by atoms with van der Waals surface area (Å²) >= 11 is 0. The Hall–Kier alpha value is -2.21. The number of nitrogens with zero attached hydrogens (tertiary/aromatic N) is 5. The van der Waals surface area contributed by atoms with Gasteiger partial charge in [0.15, 0.2) is 5.65 Å². The first-order valence-electron chi connectivity index (χ1n) is 6.72. The van der Waals surface area contributed by atoms with E-state index < -0.39 is 0 Å². The van der Waals surface area contributed by atoms with Crippen molar-refractivity contribution in [3.63, 3.8) is 0 Å². The van der Waals surface area contributed by atoms with E-state index in [-0.39, 0.29) is 0 Å². The maximum Gasteiger partial charge on any atom is 0.160 e. The summed E-state index contributed by atoms with van der Waals surface area (Å²) in [5.41, 5.74) is 3.33. The van der Waals surface area contributed by atoms with Crippen LogP contribution in [0, 0.1) is 6.92 Å². The lowest BCUT2D eigenvalue weighted by molar-refractivity contribution is 0.662. The number of hydrogen-bond donors (Lipinski definition) is 1. The molecule has 0 amide bonds. The Kier molecular flexibility index (Phi) is 3.47. The lowest BCUT2D eigenvalue weighted by Crippen LogP contribution is -2.18. The highest BCUT2D eigenvalue weighted by Gasteiger charge is 2.05. The summed E-state index contributed by atoms with van der Waals surface area (Å²) in [4.78, 5) is 0. The summed E-state index contributed by atoms with van der Waals surface area (Å²) in [6.45, 7) is 3.77. The Morgan fingerprint density at radius 3 is 2.95 bits per heavy atom. The van der Waals surface area contributed by atoms with Gasteiger partial charge in [-0.3, -0.25) is 9.08 Å². The van der Waals surface area contributed by atoms with E-state index in [9.17, 15) is 0 Å². The van der Waals surface area contributed by atoms with Crippen LogP contribution in [0.5, 0.6) is 0 Å². The molecule has 0 saturated heterocycles. The molecular weight excluding hydrogens is 252 g/mol. The highest BCUT2D eigenvalue weighted by atomic mass is 15.3. The average Bonchev–Trinajstić information content (AvgIpc) is 3.02. The molecular formula is C14H18N6. The zero-order chi connectivity index (χ0) is 13.9. The molecule has 3 aromatic heterocycles. The van der Waals surface area contributed by atoms with E-state index in [1.54, 1.807) is 0 Å². The Morgan fingerprint density at radius 2 is 2.15 bits per heavy atom. The summed E-state index contributed by atoms with van der Waals surface area (Å²) in [5, 5.41) is 16.0. The lowest BCUT2D eigenvalue weighted by Gasteiger charge is -2.04. The molecule has 0 radical (unpaired) electrons. The topological polar surface area (TPSA) is 60.0 Å². The molecule has 0 bridgehead atoms.